The third-order valence-corrected chi connectivity index (χ3v) is 2.95. The Kier molecular flexibility index (Phi) is 4.77. The summed E-state index contributed by atoms with van der Waals surface area (Å²) in [6.07, 6.45) is 7.66. The molecule has 0 bridgehead atoms. The van der Waals surface area contributed by atoms with Crippen molar-refractivity contribution in [2.45, 2.75) is 20.8 Å². The zero-order chi connectivity index (χ0) is 14.4. The molecular formula is C17H19N3. The van der Waals surface area contributed by atoms with Crippen LogP contribution < -0.4 is 0 Å². The molecule has 2 aromatic rings. The van der Waals surface area contributed by atoms with Crippen molar-refractivity contribution >= 4 is 5.57 Å². The molecule has 1 aromatic heterocycles. The van der Waals surface area contributed by atoms with E-state index < -0.39 is 0 Å². The summed E-state index contributed by atoms with van der Waals surface area (Å²) < 4.78 is 0. The van der Waals surface area contributed by atoms with Gasteiger partial charge in [0.15, 0.2) is 11.6 Å². The number of benzene rings is 1. The number of hydrogen-bond donors (Lipinski definition) is 0. The second-order valence-corrected chi connectivity index (χ2v) is 4.80. The lowest BCUT2D eigenvalue weighted by Gasteiger charge is -2.10. The molecule has 0 N–H and O–H groups in total. The van der Waals surface area contributed by atoms with Crippen LogP contribution in [0, 0.1) is 5.92 Å². The Hall–Kier alpha value is -2.29. The third-order valence-electron chi connectivity index (χ3n) is 2.95. The molecular weight excluding hydrogens is 246 g/mol. The maximum atomic E-state index is 4.59. The lowest BCUT2D eigenvalue weighted by atomic mass is 10.0. The zero-order valence-electron chi connectivity index (χ0n) is 12.1. The van der Waals surface area contributed by atoms with E-state index in [-0.39, 0.29) is 0 Å². The first-order valence-electron chi connectivity index (χ1n) is 6.80. The first-order chi connectivity index (χ1) is 9.72. The number of aromatic nitrogens is 3. The molecule has 3 nitrogen and oxygen atoms in total. The van der Waals surface area contributed by atoms with Crippen molar-refractivity contribution in [3.63, 3.8) is 0 Å². The maximum Gasteiger partial charge on any atom is 0.163 e. The average Bonchev–Trinajstić information content (AvgIpc) is 2.48. The summed E-state index contributed by atoms with van der Waals surface area (Å²) in [5, 5.41) is 0. The number of nitrogens with zero attached hydrogens (tertiary/aromatic N) is 3. The minimum Gasteiger partial charge on any atom is -0.217 e. The first kappa shape index (κ1) is 14.1. The summed E-state index contributed by atoms with van der Waals surface area (Å²) in [5.74, 6) is 1.81. The van der Waals surface area contributed by atoms with E-state index in [1.165, 1.54) is 0 Å². The Bertz CT molecular complexity index is 613. The first-order valence-corrected chi connectivity index (χ1v) is 6.80. The monoisotopic (exact) mass is 265 g/mol. The molecule has 1 aromatic carbocycles. The second kappa shape index (κ2) is 6.75. The fourth-order valence-electron chi connectivity index (χ4n) is 1.89. The van der Waals surface area contributed by atoms with Crippen molar-refractivity contribution in [1.82, 2.24) is 15.0 Å². The average molecular weight is 265 g/mol. The van der Waals surface area contributed by atoms with Crippen LogP contribution in [0.4, 0.5) is 0 Å². The van der Waals surface area contributed by atoms with E-state index >= 15 is 0 Å². The molecule has 0 radical (unpaired) electrons. The van der Waals surface area contributed by atoms with Gasteiger partial charge in [-0.15, -0.1) is 0 Å². The molecule has 2 rings (SSSR count). The van der Waals surface area contributed by atoms with Gasteiger partial charge in [0.25, 0.3) is 0 Å². The summed E-state index contributed by atoms with van der Waals surface area (Å²) >= 11 is 0. The molecule has 20 heavy (non-hydrogen) atoms. The van der Waals surface area contributed by atoms with Crippen LogP contribution >= 0.6 is 0 Å². The van der Waals surface area contributed by atoms with Gasteiger partial charge in [0, 0.05) is 5.56 Å². The molecule has 0 saturated carbocycles. The largest absolute Gasteiger partial charge is 0.217 e. The molecule has 0 spiro atoms. The van der Waals surface area contributed by atoms with Crippen molar-refractivity contribution < 1.29 is 0 Å². The number of hydrogen-bond acceptors (Lipinski definition) is 3. The Morgan fingerprint density at radius 2 is 1.85 bits per heavy atom. The maximum absolute atomic E-state index is 4.59. The summed E-state index contributed by atoms with van der Waals surface area (Å²) in [4.78, 5) is 13.2. The highest BCUT2D eigenvalue weighted by Crippen LogP contribution is 2.21. The third kappa shape index (κ3) is 3.38. The highest BCUT2D eigenvalue weighted by molar-refractivity contribution is 5.65. The van der Waals surface area contributed by atoms with Crippen molar-refractivity contribution in [2.24, 2.45) is 5.92 Å². The van der Waals surface area contributed by atoms with Crippen molar-refractivity contribution in [3.05, 3.63) is 60.7 Å². The zero-order valence-corrected chi connectivity index (χ0v) is 12.1. The SMILES string of the molecule is C/C=C\C=C(\c1ncnc(-c2ccccc2)n1)C(C)C. The van der Waals surface area contributed by atoms with Crippen molar-refractivity contribution in [2.75, 3.05) is 0 Å². The molecule has 0 aliphatic carbocycles. The quantitative estimate of drug-likeness (QED) is 0.779. The fraction of sp³-hybridized carbons (Fsp3) is 0.235. The molecule has 0 unspecified atom stereocenters. The lowest BCUT2D eigenvalue weighted by Crippen LogP contribution is -2.02. The summed E-state index contributed by atoms with van der Waals surface area (Å²) in [6.45, 7) is 6.28. The highest BCUT2D eigenvalue weighted by Gasteiger charge is 2.10. The van der Waals surface area contributed by atoms with Gasteiger partial charge in [-0.2, -0.15) is 0 Å². The standard InChI is InChI=1S/C17H19N3/c1-4-5-11-15(13(2)3)17-19-12-18-16(20-17)14-9-7-6-8-10-14/h4-13H,1-3H3/b5-4-,15-11+. The summed E-state index contributed by atoms with van der Waals surface area (Å²) in [5.41, 5.74) is 2.12. The number of rotatable bonds is 4. The predicted octanol–water partition coefficient (Wildman–Crippen LogP) is 4.15. The van der Waals surface area contributed by atoms with Crippen molar-refractivity contribution in [1.29, 1.82) is 0 Å². The van der Waals surface area contributed by atoms with Crippen LogP contribution in [0.3, 0.4) is 0 Å². The normalized spacial score (nSPS) is 12.3. The van der Waals surface area contributed by atoms with Gasteiger partial charge < -0.3 is 0 Å². The minimum atomic E-state index is 0.359. The Morgan fingerprint density at radius 3 is 2.50 bits per heavy atom. The molecule has 0 saturated heterocycles. The fourth-order valence-corrected chi connectivity index (χ4v) is 1.89. The van der Waals surface area contributed by atoms with Gasteiger partial charge in [-0.05, 0) is 18.4 Å². The van der Waals surface area contributed by atoms with E-state index in [1.807, 2.05) is 49.4 Å². The molecule has 102 valence electrons. The molecule has 1 heterocycles. The highest BCUT2D eigenvalue weighted by atomic mass is 15.0. The Balaban J connectivity index is 2.43. The van der Waals surface area contributed by atoms with E-state index in [0.29, 0.717) is 11.7 Å². The van der Waals surface area contributed by atoms with Gasteiger partial charge in [0.05, 0.1) is 0 Å². The molecule has 0 atom stereocenters. The van der Waals surface area contributed by atoms with Gasteiger partial charge in [-0.25, -0.2) is 15.0 Å². The van der Waals surface area contributed by atoms with Gasteiger partial charge in [-0.1, -0.05) is 62.4 Å². The summed E-state index contributed by atoms with van der Waals surface area (Å²) in [6, 6.07) is 9.96. The van der Waals surface area contributed by atoms with Crippen LogP contribution in [-0.2, 0) is 0 Å². The van der Waals surface area contributed by atoms with Crippen molar-refractivity contribution in [3.8, 4) is 11.4 Å². The molecule has 0 aliphatic heterocycles. The smallest absolute Gasteiger partial charge is 0.163 e. The van der Waals surface area contributed by atoms with E-state index in [2.05, 4.69) is 34.9 Å². The van der Waals surface area contributed by atoms with E-state index in [1.54, 1.807) is 6.33 Å². The predicted molar refractivity (Wildman–Crippen MR) is 82.9 cm³/mol. The molecule has 3 heteroatoms. The Labute approximate surface area is 120 Å². The second-order valence-electron chi connectivity index (χ2n) is 4.80. The van der Waals surface area contributed by atoms with Crippen LogP contribution in [0.1, 0.15) is 26.6 Å². The van der Waals surface area contributed by atoms with Gasteiger partial charge >= 0.3 is 0 Å². The van der Waals surface area contributed by atoms with Crippen LogP contribution in [0.15, 0.2) is 54.9 Å². The van der Waals surface area contributed by atoms with Crippen LogP contribution in [-0.4, -0.2) is 15.0 Å². The topological polar surface area (TPSA) is 38.7 Å². The summed E-state index contributed by atoms with van der Waals surface area (Å²) in [7, 11) is 0. The lowest BCUT2D eigenvalue weighted by molar-refractivity contribution is 0.833. The van der Waals surface area contributed by atoms with Gasteiger partial charge in [-0.3, -0.25) is 0 Å². The molecule has 0 aliphatic rings. The Morgan fingerprint density at radius 1 is 1.10 bits per heavy atom. The van der Waals surface area contributed by atoms with Crippen LogP contribution in [0.2, 0.25) is 0 Å². The molecule has 0 amide bonds. The van der Waals surface area contributed by atoms with Crippen LogP contribution in [0.5, 0.6) is 0 Å². The van der Waals surface area contributed by atoms with E-state index in [4.69, 9.17) is 0 Å². The van der Waals surface area contributed by atoms with Crippen LogP contribution in [0.25, 0.3) is 17.0 Å². The minimum absolute atomic E-state index is 0.359. The van der Waals surface area contributed by atoms with Gasteiger partial charge in [0.1, 0.15) is 6.33 Å². The van der Waals surface area contributed by atoms with Gasteiger partial charge in [0.2, 0.25) is 0 Å². The van der Waals surface area contributed by atoms with E-state index in [9.17, 15) is 0 Å². The molecule has 0 fully saturated rings. The number of allylic oxidation sites excluding steroid dienone is 4. The van der Waals surface area contributed by atoms with E-state index in [0.717, 1.165) is 17.0 Å².